The number of carbonyl (C=O) groups is 1. The number of hydrogen-bond donors (Lipinski definition) is 1. The number of nitrogens with zero attached hydrogens (tertiary/aromatic N) is 1. The third-order valence-corrected chi connectivity index (χ3v) is 7.42. The summed E-state index contributed by atoms with van der Waals surface area (Å²) in [4.78, 5) is 13.9. The van der Waals surface area contributed by atoms with Crippen LogP contribution >= 0.6 is 0 Å². The summed E-state index contributed by atoms with van der Waals surface area (Å²) in [6.45, 7) is 4.67. The molecule has 0 aliphatic carbocycles. The summed E-state index contributed by atoms with van der Waals surface area (Å²) in [6.07, 6.45) is 0. The molecule has 7 heteroatoms. The molecule has 132 valence electrons. The zero-order valence-corrected chi connectivity index (χ0v) is 14.8. The van der Waals surface area contributed by atoms with Crippen LogP contribution in [0.4, 0.5) is 0 Å². The molecule has 0 unspecified atom stereocenters. The van der Waals surface area contributed by atoms with Crippen LogP contribution in [0.2, 0.25) is 0 Å². The van der Waals surface area contributed by atoms with Crippen LogP contribution in [0.1, 0.15) is 25.3 Å². The van der Waals surface area contributed by atoms with Gasteiger partial charge in [0.15, 0.2) is 9.84 Å². The first-order chi connectivity index (χ1) is 11.3. The molecule has 0 bridgehead atoms. The van der Waals surface area contributed by atoms with Crippen LogP contribution in [0, 0.1) is 5.41 Å². The molecule has 0 spiro atoms. The van der Waals surface area contributed by atoms with Gasteiger partial charge in [-0.25, -0.2) is 8.42 Å². The van der Waals surface area contributed by atoms with Crippen LogP contribution in [0.25, 0.3) is 0 Å². The fourth-order valence-corrected chi connectivity index (χ4v) is 4.58. The monoisotopic (exact) mass is 353 g/mol. The first-order valence-electron chi connectivity index (χ1n) is 8.15. The first-order valence-corrected chi connectivity index (χ1v) is 9.87. The Morgan fingerprint density at radius 3 is 2.79 bits per heavy atom. The molecule has 0 aromatic heterocycles. The third-order valence-electron chi connectivity index (χ3n) is 5.23. The third kappa shape index (κ3) is 2.80. The van der Waals surface area contributed by atoms with E-state index >= 15 is 0 Å². The van der Waals surface area contributed by atoms with Crippen LogP contribution in [0.5, 0.6) is 5.75 Å². The van der Waals surface area contributed by atoms with Crippen molar-refractivity contribution in [2.45, 2.75) is 25.0 Å². The number of benzene rings is 1. The van der Waals surface area contributed by atoms with Gasteiger partial charge in [-0.15, -0.1) is 0 Å². The second-order valence-electron chi connectivity index (χ2n) is 6.99. The van der Waals surface area contributed by atoms with E-state index < -0.39 is 26.5 Å². The van der Waals surface area contributed by atoms with Crippen molar-refractivity contribution in [3.05, 3.63) is 29.8 Å². The van der Waals surface area contributed by atoms with Gasteiger partial charge in [0, 0.05) is 25.6 Å². The number of carboxylic acids is 1. The van der Waals surface area contributed by atoms with E-state index in [2.05, 4.69) is 0 Å². The minimum Gasteiger partial charge on any atom is -0.492 e. The van der Waals surface area contributed by atoms with E-state index in [1.165, 1.54) is 0 Å². The molecule has 1 aromatic carbocycles. The molecule has 1 saturated heterocycles. The number of hydrogen-bond acceptors (Lipinski definition) is 5. The molecule has 2 aliphatic rings. The number of aliphatic carboxylic acids is 1. The van der Waals surface area contributed by atoms with Gasteiger partial charge < -0.3 is 14.7 Å². The molecule has 1 fully saturated rings. The van der Waals surface area contributed by atoms with Gasteiger partial charge in [-0.3, -0.25) is 4.79 Å². The lowest BCUT2D eigenvalue weighted by molar-refractivity contribution is -0.151. The summed E-state index contributed by atoms with van der Waals surface area (Å²) in [6, 6.07) is 7.51. The molecule has 2 atom stereocenters. The maximum absolute atomic E-state index is 12.0. The first kappa shape index (κ1) is 17.2. The fourth-order valence-electron chi connectivity index (χ4n) is 3.60. The number of rotatable bonds is 5. The molecule has 0 saturated carbocycles. The Bertz CT molecular complexity index is 745. The number of para-hydroxylation sites is 1. The molecule has 2 aliphatic heterocycles. The summed E-state index contributed by atoms with van der Waals surface area (Å²) in [5.74, 6) is -0.274. The Labute approximate surface area is 142 Å². The van der Waals surface area contributed by atoms with Gasteiger partial charge in [-0.2, -0.15) is 0 Å². The van der Waals surface area contributed by atoms with Crippen molar-refractivity contribution in [3.63, 3.8) is 0 Å². The van der Waals surface area contributed by atoms with Crippen LogP contribution in [-0.4, -0.2) is 61.6 Å². The zero-order valence-electron chi connectivity index (χ0n) is 13.9. The molecule has 1 N–H and O–H groups in total. The normalized spacial score (nSPS) is 26.7. The molecule has 3 rings (SSSR count). The van der Waals surface area contributed by atoms with Crippen molar-refractivity contribution in [1.82, 2.24) is 4.90 Å². The van der Waals surface area contributed by atoms with E-state index in [1.807, 2.05) is 29.2 Å². The maximum Gasteiger partial charge on any atom is 0.315 e. The Hall–Kier alpha value is -1.60. The number of fused-ring (bicyclic) bond motifs is 3. The summed E-state index contributed by atoms with van der Waals surface area (Å²) in [7, 11) is -3.14. The van der Waals surface area contributed by atoms with Crippen molar-refractivity contribution >= 4 is 15.8 Å². The summed E-state index contributed by atoms with van der Waals surface area (Å²) in [5, 5.41) is 9.42. The number of likely N-dealkylation sites (tertiary alicyclic amines) is 1. The zero-order chi connectivity index (χ0) is 17.5. The predicted molar refractivity (Wildman–Crippen MR) is 90.1 cm³/mol. The molecule has 24 heavy (non-hydrogen) atoms. The SMILES string of the molecule is CC(C)S(=O)(=O)CCN1C[C@@H]2c3ccccc3OC[C@]2(C(=O)O)C1. The Balaban J connectivity index is 1.84. The number of ether oxygens (including phenoxy) is 1. The van der Waals surface area contributed by atoms with Crippen LogP contribution in [0.3, 0.4) is 0 Å². The van der Waals surface area contributed by atoms with Gasteiger partial charge in [0.05, 0.1) is 11.0 Å². The van der Waals surface area contributed by atoms with E-state index in [1.54, 1.807) is 13.8 Å². The fraction of sp³-hybridized carbons (Fsp3) is 0.588. The highest BCUT2D eigenvalue weighted by atomic mass is 32.2. The highest BCUT2D eigenvalue weighted by molar-refractivity contribution is 7.92. The largest absolute Gasteiger partial charge is 0.492 e. The minimum absolute atomic E-state index is 0.0512. The van der Waals surface area contributed by atoms with Gasteiger partial charge in [-0.1, -0.05) is 18.2 Å². The lowest BCUT2D eigenvalue weighted by Crippen LogP contribution is -2.45. The van der Waals surface area contributed by atoms with E-state index in [0.29, 0.717) is 19.6 Å². The molecule has 1 aromatic rings. The molecular formula is C17H23NO5S. The smallest absolute Gasteiger partial charge is 0.315 e. The molecule has 0 radical (unpaired) electrons. The Morgan fingerprint density at radius 1 is 1.42 bits per heavy atom. The highest BCUT2D eigenvalue weighted by Crippen LogP contribution is 2.49. The highest BCUT2D eigenvalue weighted by Gasteiger charge is 2.56. The van der Waals surface area contributed by atoms with E-state index in [9.17, 15) is 18.3 Å². The van der Waals surface area contributed by atoms with Crippen LogP contribution in [0.15, 0.2) is 24.3 Å². The Morgan fingerprint density at radius 2 is 2.12 bits per heavy atom. The summed E-state index contributed by atoms with van der Waals surface area (Å²) in [5.41, 5.74) is -0.101. The van der Waals surface area contributed by atoms with E-state index in [-0.39, 0.29) is 18.3 Å². The molecule has 2 heterocycles. The lowest BCUT2D eigenvalue weighted by Gasteiger charge is -2.35. The average molecular weight is 353 g/mol. The van der Waals surface area contributed by atoms with E-state index in [0.717, 1.165) is 11.3 Å². The van der Waals surface area contributed by atoms with E-state index in [4.69, 9.17) is 4.74 Å². The van der Waals surface area contributed by atoms with Gasteiger partial charge in [0.25, 0.3) is 0 Å². The molecule has 0 amide bonds. The van der Waals surface area contributed by atoms with Gasteiger partial charge in [0.1, 0.15) is 17.8 Å². The summed E-state index contributed by atoms with van der Waals surface area (Å²) < 4.78 is 29.8. The van der Waals surface area contributed by atoms with Crippen LogP contribution in [-0.2, 0) is 14.6 Å². The van der Waals surface area contributed by atoms with Gasteiger partial charge in [-0.05, 0) is 25.5 Å². The second kappa shape index (κ2) is 6.04. The predicted octanol–water partition coefficient (Wildman–Crippen LogP) is 1.37. The van der Waals surface area contributed by atoms with Crippen molar-refractivity contribution < 1.29 is 23.1 Å². The molecular weight excluding hydrogens is 330 g/mol. The van der Waals surface area contributed by atoms with Crippen molar-refractivity contribution in [2.24, 2.45) is 5.41 Å². The summed E-state index contributed by atoms with van der Waals surface area (Å²) >= 11 is 0. The minimum atomic E-state index is -3.14. The van der Waals surface area contributed by atoms with Crippen molar-refractivity contribution in [2.75, 3.05) is 32.0 Å². The quantitative estimate of drug-likeness (QED) is 0.861. The number of sulfone groups is 1. The Kier molecular flexibility index (Phi) is 4.34. The average Bonchev–Trinajstić information content (AvgIpc) is 2.93. The maximum atomic E-state index is 12.0. The van der Waals surface area contributed by atoms with Gasteiger partial charge >= 0.3 is 5.97 Å². The van der Waals surface area contributed by atoms with Gasteiger partial charge in [0.2, 0.25) is 0 Å². The molecule has 6 nitrogen and oxygen atoms in total. The van der Waals surface area contributed by atoms with Crippen molar-refractivity contribution in [3.8, 4) is 5.75 Å². The second-order valence-corrected chi connectivity index (χ2v) is 9.67. The number of carboxylic acid groups (broad SMARTS) is 1. The lowest BCUT2D eigenvalue weighted by atomic mass is 9.73. The van der Waals surface area contributed by atoms with Crippen molar-refractivity contribution in [1.29, 1.82) is 0 Å². The van der Waals surface area contributed by atoms with Crippen LogP contribution < -0.4 is 4.74 Å². The topological polar surface area (TPSA) is 83.9 Å². The standard InChI is InChI=1S/C17H23NO5S/c1-12(2)24(21,22)8-7-18-9-14-13-5-3-4-6-15(13)23-11-17(14,10-18)16(19)20/h3-6,12,14H,7-11H2,1-2H3,(H,19,20)/t14-,17-/m1/s1.